The highest BCUT2D eigenvalue weighted by Gasteiger charge is 2.68. The molecule has 0 aliphatic heterocycles. The third-order valence-corrected chi connectivity index (χ3v) is 11.0. The molecule has 3 N–H and O–H groups in total. The summed E-state index contributed by atoms with van der Waals surface area (Å²) in [5, 5.41) is 31.3. The Morgan fingerprint density at radius 2 is 1.74 bits per heavy atom. The van der Waals surface area contributed by atoms with E-state index in [0.717, 1.165) is 25.7 Å². The van der Waals surface area contributed by atoms with Crippen LogP contribution in [-0.2, 0) is 0 Å². The lowest BCUT2D eigenvalue weighted by Gasteiger charge is -2.64. The van der Waals surface area contributed by atoms with Crippen molar-refractivity contribution in [2.24, 2.45) is 40.4 Å². The Balaban J connectivity index is 1.51. The Bertz CT molecular complexity index is 661. The smallest absolute Gasteiger partial charge is 0.144 e. The fraction of sp³-hybridized carbons (Fsp3) is 1.00. The molecule has 180 valence electrons. The first-order valence-corrected chi connectivity index (χ1v) is 13.1. The number of halogens is 1. The van der Waals surface area contributed by atoms with Gasteiger partial charge < -0.3 is 15.3 Å². The average Bonchev–Trinajstić information content (AvgIpc) is 3.01. The zero-order chi connectivity index (χ0) is 22.8. The van der Waals surface area contributed by atoms with Crippen LogP contribution in [0.2, 0.25) is 0 Å². The van der Waals surface area contributed by atoms with E-state index < -0.39 is 28.9 Å². The van der Waals surface area contributed by atoms with Crippen molar-refractivity contribution in [1.82, 2.24) is 0 Å². The maximum absolute atomic E-state index is 16.3. The molecule has 4 saturated carbocycles. The molecule has 0 aromatic heterocycles. The molecule has 3 nitrogen and oxygen atoms in total. The summed E-state index contributed by atoms with van der Waals surface area (Å²) >= 11 is 0. The van der Waals surface area contributed by atoms with Crippen LogP contribution >= 0.6 is 0 Å². The van der Waals surface area contributed by atoms with Gasteiger partial charge in [-0.05, 0) is 100 Å². The topological polar surface area (TPSA) is 60.7 Å². The lowest BCUT2D eigenvalue weighted by atomic mass is 9.43. The van der Waals surface area contributed by atoms with E-state index in [1.165, 1.54) is 19.3 Å². The van der Waals surface area contributed by atoms with E-state index in [-0.39, 0.29) is 11.8 Å². The first-order chi connectivity index (χ1) is 14.3. The van der Waals surface area contributed by atoms with Gasteiger partial charge in [-0.25, -0.2) is 4.39 Å². The lowest BCUT2D eigenvalue weighted by molar-refractivity contribution is -0.232. The molecule has 4 fully saturated rings. The van der Waals surface area contributed by atoms with Crippen molar-refractivity contribution in [3.05, 3.63) is 0 Å². The molecule has 0 amide bonds. The van der Waals surface area contributed by atoms with Gasteiger partial charge in [-0.3, -0.25) is 0 Å². The van der Waals surface area contributed by atoms with E-state index in [2.05, 4.69) is 20.8 Å². The van der Waals surface area contributed by atoms with Crippen molar-refractivity contribution >= 4 is 0 Å². The molecule has 0 aromatic carbocycles. The molecule has 0 radical (unpaired) electrons. The van der Waals surface area contributed by atoms with Gasteiger partial charge in [-0.1, -0.05) is 33.6 Å². The molecule has 4 heteroatoms. The monoisotopic (exact) mass is 438 g/mol. The van der Waals surface area contributed by atoms with Crippen LogP contribution in [0, 0.1) is 40.4 Å². The molecule has 0 heterocycles. The molecule has 0 bridgehead atoms. The van der Waals surface area contributed by atoms with Crippen LogP contribution in [0.1, 0.15) is 105 Å². The Hall–Kier alpha value is -0.190. The predicted octanol–water partition coefficient (Wildman–Crippen LogP) is 5.65. The largest absolute Gasteiger partial charge is 0.393 e. The highest BCUT2D eigenvalue weighted by Crippen LogP contribution is 2.69. The van der Waals surface area contributed by atoms with E-state index in [1.54, 1.807) is 0 Å². The number of aliphatic hydroxyl groups is 3. The normalized spacial score (nSPS) is 51.0. The maximum atomic E-state index is 16.3. The predicted molar refractivity (Wildman–Crippen MR) is 122 cm³/mol. The summed E-state index contributed by atoms with van der Waals surface area (Å²) in [6.07, 6.45) is 8.27. The number of hydrogen-bond acceptors (Lipinski definition) is 3. The second-order valence-electron chi connectivity index (χ2n) is 13.2. The van der Waals surface area contributed by atoms with E-state index in [9.17, 15) is 15.3 Å². The molecular formula is C27H47FO3. The molecule has 4 aliphatic carbocycles. The highest BCUT2D eigenvalue weighted by atomic mass is 19.1. The van der Waals surface area contributed by atoms with Crippen molar-refractivity contribution in [3.63, 3.8) is 0 Å². The molecule has 31 heavy (non-hydrogen) atoms. The van der Waals surface area contributed by atoms with Crippen molar-refractivity contribution in [1.29, 1.82) is 0 Å². The molecule has 0 spiro atoms. The molecule has 4 rings (SSSR count). The summed E-state index contributed by atoms with van der Waals surface area (Å²) in [5.74, 6) is 2.65. The van der Waals surface area contributed by atoms with Crippen molar-refractivity contribution in [2.75, 3.05) is 0 Å². The summed E-state index contributed by atoms with van der Waals surface area (Å²) in [4.78, 5) is 0. The van der Waals surface area contributed by atoms with Gasteiger partial charge in [0.2, 0.25) is 0 Å². The summed E-state index contributed by atoms with van der Waals surface area (Å²) in [7, 11) is 0. The van der Waals surface area contributed by atoms with Crippen LogP contribution < -0.4 is 0 Å². The lowest BCUT2D eigenvalue weighted by Crippen LogP contribution is -2.66. The molecule has 0 aromatic rings. The maximum Gasteiger partial charge on any atom is 0.144 e. The van der Waals surface area contributed by atoms with Gasteiger partial charge in [0.05, 0.1) is 17.8 Å². The average molecular weight is 439 g/mol. The Morgan fingerprint density at radius 3 is 2.42 bits per heavy atom. The van der Waals surface area contributed by atoms with Crippen LogP contribution in [0.3, 0.4) is 0 Å². The first-order valence-electron chi connectivity index (χ1n) is 13.1. The van der Waals surface area contributed by atoms with Crippen LogP contribution in [-0.4, -0.2) is 38.8 Å². The van der Waals surface area contributed by atoms with Crippen LogP contribution in [0.15, 0.2) is 0 Å². The van der Waals surface area contributed by atoms with Gasteiger partial charge in [-0.2, -0.15) is 0 Å². The fourth-order valence-corrected chi connectivity index (χ4v) is 9.25. The van der Waals surface area contributed by atoms with Gasteiger partial charge in [0.25, 0.3) is 0 Å². The minimum atomic E-state index is -1.64. The Morgan fingerprint density at radius 1 is 1.03 bits per heavy atom. The summed E-state index contributed by atoms with van der Waals surface area (Å²) < 4.78 is 16.3. The minimum absolute atomic E-state index is 0.108. The number of alkyl halides is 1. The molecule has 10 atom stereocenters. The minimum Gasteiger partial charge on any atom is -0.393 e. The number of hydrogen-bond donors (Lipinski definition) is 3. The van der Waals surface area contributed by atoms with Gasteiger partial charge in [0.15, 0.2) is 0 Å². The van der Waals surface area contributed by atoms with Crippen LogP contribution in [0.25, 0.3) is 0 Å². The molecule has 0 saturated heterocycles. The second kappa shape index (κ2) is 7.94. The van der Waals surface area contributed by atoms with Gasteiger partial charge in [-0.15, -0.1) is 0 Å². The number of fused-ring (bicyclic) bond motifs is 5. The number of aliphatic hydroxyl groups excluding tert-OH is 2. The zero-order valence-corrected chi connectivity index (χ0v) is 20.5. The zero-order valence-electron chi connectivity index (χ0n) is 20.5. The molecule has 4 aliphatic rings. The Labute approximate surface area is 189 Å². The summed E-state index contributed by atoms with van der Waals surface area (Å²) in [6.45, 7) is 10.8. The fourth-order valence-electron chi connectivity index (χ4n) is 9.25. The van der Waals surface area contributed by atoms with Gasteiger partial charge in [0.1, 0.15) is 5.67 Å². The van der Waals surface area contributed by atoms with Crippen molar-refractivity contribution in [3.8, 4) is 0 Å². The molecule has 2 unspecified atom stereocenters. The van der Waals surface area contributed by atoms with E-state index in [0.29, 0.717) is 48.9 Å². The molecular weight excluding hydrogens is 391 g/mol. The quantitative estimate of drug-likeness (QED) is 0.520. The SMILES string of the molecule is C[C@H](CCCC(C)(C)O)[C@H]1CC[C@H]2[C@@H]3CC(O)C4(F)C[C@@H](O)CC[C@]4(C)[C@H]3CC[C@]12C. The van der Waals surface area contributed by atoms with E-state index in [1.807, 2.05) is 13.8 Å². The van der Waals surface area contributed by atoms with Gasteiger partial charge in [0, 0.05) is 11.8 Å². The Kier molecular flexibility index (Phi) is 6.14. The third kappa shape index (κ3) is 3.81. The summed E-state index contributed by atoms with van der Waals surface area (Å²) in [6, 6.07) is 0. The number of rotatable bonds is 5. The first kappa shape index (κ1) is 24.0. The highest BCUT2D eigenvalue weighted by molar-refractivity contribution is 5.17. The summed E-state index contributed by atoms with van der Waals surface area (Å²) in [5.41, 5.74) is -2.44. The third-order valence-electron chi connectivity index (χ3n) is 11.0. The van der Waals surface area contributed by atoms with Crippen LogP contribution in [0.4, 0.5) is 4.39 Å². The second-order valence-corrected chi connectivity index (χ2v) is 13.2. The van der Waals surface area contributed by atoms with Crippen LogP contribution in [0.5, 0.6) is 0 Å². The standard InChI is InChI=1S/C27H47FO3/c1-17(7-6-12-24(2,3)31)20-8-9-21-19-15-23(30)27(28)16-18(29)10-14-26(27,5)22(19)11-13-25(20,21)4/h17-23,29-31H,6-16H2,1-5H3/t17-,18+,19+,20-,21+,22+,23?,25-,26-,27?/m1/s1. The van der Waals surface area contributed by atoms with Crippen molar-refractivity contribution < 1.29 is 19.7 Å². The van der Waals surface area contributed by atoms with E-state index >= 15 is 4.39 Å². The van der Waals surface area contributed by atoms with Gasteiger partial charge >= 0.3 is 0 Å². The van der Waals surface area contributed by atoms with Crippen molar-refractivity contribution in [2.45, 2.75) is 129 Å². The van der Waals surface area contributed by atoms with E-state index in [4.69, 9.17) is 0 Å².